The molecule has 0 unspecified atom stereocenters. The van der Waals surface area contributed by atoms with E-state index in [1.54, 1.807) is 6.20 Å². The van der Waals surface area contributed by atoms with Crippen molar-refractivity contribution in [1.82, 2.24) is 9.97 Å². The van der Waals surface area contributed by atoms with Crippen molar-refractivity contribution in [1.29, 1.82) is 0 Å². The lowest BCUT2D eigenvalue weighted by Gasteiger charge is -2.20. The number of carbonyl (C=O) groups is 1. The molecule has 0 atom stereocenters. The number of ketones is 1. The third kappa shape index (κ3) is 3.61. The molecule has 0 aliphatic carbocycles. The molecule has 1 aliphatic heterocycles. The number of fused-ring (bicyclic) bond motifs is 1. The summed E-state index contributed by atoms with van der Waals surface area (Å²) in [7, 11) is 0. The molecule has 1 aliphatic rings. The van der Waals surface area contributed by atoms with Gasteiger partial charge in [-0.25, -0.2) is 18.2 Å². The number of nitrogens with zero attached hydrogens (tertiary/aromatic N) is 3. The minimum absolute atomic E-state index is 0.0500. The molecule has 0 bridgehead atoms. The second kappa shape index (κ2) is 7.67. The largest absolute Gasteiger partial charge is 0.396 e. The highest BCUT2D eigenvalue weighted by Crippen LogP contribution is 2.26. The van der Waals surface area contributed by atoms with Crippen LogP contribution in [0.5, 0.6) is 0 Å². The number of carbonyl (C=O) groups excluding carboxylic acids is 1. The van der Waals surface area contributed by atoms with E-state index < -0.39 is 34.5 Å². The molecule has 1 aromatic heterocycles. The molecule has 9 heteroatoms. The SMILES string of the molecule is Nc1cc(F)c(F)c(C(=O)c2ccc3ncc(N4CCCOCC4)nc3c2)c1F. The van der Waals surface area contributed by atoms with E-state index in [-0.39, 0.29) is 5.56 Å². The monoisotopic (exact) mass is 402 g/mol. The van der Waals surface area contributed by atoms with E-state index >= 15 is 0 Å². The fourth-order valence-corrected chi connectivity index (χ4v) is 3.24. The maximum absolute atomic E-state index is 14.2. The number of hydrogen-bond donors (Lipinski definition) is 1. The van der Waals surface area contributed by atoms with E-state index in [2.05, 4.69) is 9.97 Å². The first kappa shape index (κ1) is 19.1. The molecular formula is C20H17F3N4O2. The molecule has 1 saturated heterocycles. The second-order valence-corrected chi connectivity index (χ2v) is 6.66. The highest BCUT2D eigenvalue weighted by Gasteiger charge is 2.25. The van der Waals surface area contributed by atoms with Crippen molar-refractivity contribution in [2.45, 2.75) is 6.42 Å². The van der Waals surface area contributed by atoms with E-state index in [1.165, 1.54) is 18.2 Å². The first-order chi connectivity index (χ1) is 14.0. The summed E-state index contributed by atoms with van der Waals surface area (Å²) in [4.78, 5) is 23.6. The van der Waals surface area contributed by atoms with Crippen molar-refractivity contribution in [3.63, 3.8) is 0 Å². The molecule has 0 spiro atoms. The van der Waals surface area contributed by atoms with Gasteiger partial charge < -0.3 is 15.4 Å². The molecule has 0 radical (unpaired) electrons. The van der Waals surface area contributed by atoms with Gasteiger partial charge in [-0.15, -0.1) is 0 Å². The standard InChI is InChI=1S/C20H17F3N4O2/c21-12-9-13(24)19(23)17(18(12)22)20(28)11-2-3-14-15(8-11)26-16(10-25-14)27-4-1-6-29-7-5-27/h2-3,8-10H,1,4-7,24H2. The number of benzene rings is 2. The number of aromatic nitrogens is 2. The Morgan fingerprint density at radius 2 is 1.90 bits per heavy atom. The Balaban J connectivity index is 1.74. The lowest BCUT2D eigenvalue weighted by atomic mass is 10.0. The highest BCUT2D eigenvalue weighted by atomic mass is 19.2. The zero-order valence-corrected chi connectivity index (χ0v) is 15.3. The summed E-state index contributed by atoms with van der Waals surface area (Å²) in [5, 5.41) is 0. The molecular weight excluding hydrogens is 385 g/mol. The fraction of sp³-hybridized carbons (Fsp3) is 0.250. The van der Waals surface area contributed by atoms with E-state index in [0.29, 0.717) is 42.7 Å². The molecule has 0 amide bonds. The summed E-state index contributed by atoms with van der Waals surface area (Å²) in [6, 6.07) is 4.76. The van der Waals surface area contributed by atoms with Crippen LogP contribution in [0, 0.1) is 17.5 Å². The van der Waals surface area contributed by atoms with Gasteiger partial charge in [0.05, 0.1) is 35.1 Å². The highest BCUT2D eigenvalue weighted by molar-refractivity contribution is 6.11. The van der Waals surface area contributed by atoms with Gasteiger partial charge in [0.15, 0.2) is 23.2 Å². The molecule has 6 nitrogen and oxygen atoms in total. The van der Waals surface area contributed by atoms with Crippen molar-refractivity contribution in [3.05, 3.63) is 59.0 Å². The predicted molar refractivity (Wildman–Crippen MR) is 101 cm³/mol. The molecule has 2 aromatic carbocycles. The van der Waals surface area contributed by atoms with E-state index in [9.17, 15) is 18.0 Å². The van der Waals surface area contributed by atoms with Crippen molar-refractivity contribution in [2.75, 3.05) is 36.9 Å². The van der Waals surface area contributed by atoms with Gasteiger partial charge in [0.2, 0.25) is 0 Å². The van der Waals surface area contributed by atoms with Gasteiger partial charge in [0.1, 0.15) is 5.82 Å². The normalized spacial score (nSPS) is 14.8. The Kier molecular flexibility index (Phi) is 5.06. The van der Waals surface area contributed by atoms with Gasteiger partial charge in [-0.1, -0.05) is 0 Å². The summed E-state index contributed by atoms with van der Waals surface area (Å²) >= 11 is 0. The van der Waals surface area contributed by atoms with Crippen LogP contribution in [-0.2, 0) is 4.74 Å². The number of anilines is 2. The summed E-state index contributed by atoms with van der Waals surface area (Å²) in [6.45, 7) is 2.64. The van der Waals surface area contributed by atoms with Crippen LogP contribution in [0.1, 0.15) is 22.3 Å². The maximum Gasteiger partial charge on any atom is 0.199 e. The number of hydrogen-bond acceptors (Lipinski definition) is 6. The number of ether oxygens (including phenoxy) is 1. The summed E-state index contributed by atoms with van der Waals surface area (Å²) in [5.41, 5.74) is 4.51. The molecule has 3 aromatic rings. The molecule has 2 N–H and O–H groups in total. The van der Waals surface area contributed by atoms with Crippen LogP contribution >= 0.6 is 0 Å². The van der Waals surface area contributed by atoms with Crippen molar-refractivity contribution < 1.29 is 22.7 Å². The van der Waals surface area contributed by atoms with Gasteiger partial charge in [0.25, 0.3) is 0 Å². The van der Waals surface area contributed by atoms with Crippen LogP contribution in [0.2, 0.25) is 0 Å². The first-order valence-corrected chi connectivity index (χ1v) is 9.03. The van der Waals surface area contributed by atoms with Gasteiger partial charge in [-0.2, -0.15) is 0 Å². The molecule has 0 saturated carbocycles. The molecule has 1 fully saturated rings. The average Bonchev–Trinajstić information content (AvgIpc) is 3.01. The van der Waals surface area contributed by atoms with Crippen LogP contribution in [-0.4, -0.2) is 42.1 Å². The predicted octanol–water partition coefficient (Wildman–Crippen LogP) is 3.09. The third-order valence-corrected chi connectivity index (χ3v) is 4.75. The third-order valence-electron chi connectivity index (χ3n) is 4.75. The van der Waals surface area contributed by atoms with Crippen LogP contribution in [0.4, 0.5) is 24.7 Å². The topological polar surface area (TPSA) is 81.3 Å². The van der Waals surface area contributed by atoms with E-state index in [0.717, 1.165) is 13.0 Å². The summed E-state index contributed by atoms with van der Waals surface area (Å²) in [6.07, 6.45) is 2.47. The minimum atomic E-state index is -1.58. The van der Waals surface area contributed by atoms with Crippen LogP contribution in [0.15, 0.2) is 30.5 Å². The zero-order valence-electron chi connectivity index (χ0n) is 15.3. The lowest BCUT2D eigenvalue weighted by Crippen LogP contribution is -2.26. The van der Waals surface area contributed by atoms with Gasteiger partial charge in [0, 0.05) is 31.3 Å². The van der Waals surface area contributed by atoms with Gasteiger partial charge in [-0.05, 0) is 24.6 Å². The van der Waals surface area contributed by atoms with Gasteiger partial charge in [-0.3, -0.25) is 9.78 Å². The Morgan fingerprint density at radius 3 is 2.72 bits per heavy atom. The summed E-state index contributed by atoms with van der Waals surface area (Å²) < 4.78 is 47.4. The lowest BCUT2D eigenvalue weighted by molar-refractivity contribution is 0.103. The Labute approximate surface area is 164 Å². The van der Waals surface area contributed by atoms with Crippen LogP contribution < -0.4 is 10.6 Å². The minimum Gasteiger partial charge on any atom is -0.396 e. The zero-order chi connectivity index (χ0) is 20.5. The van der Waals surface area contributed by atoms with Crippen LogP contribution in [0.3, 0.4) is 0 Å². The number of nitrogen functional groups attached to an aromatic ring is 1. The quantitative estimate of drug-likeness (QED) is 0.412. The first-order valence-electron chi connectivity index (χ1n) is 9.03. The van der Waals surface area contributed by atoms with Crippen molar-refractivity contribution in [3.8, 4) is 0 Å². The number of nitrogens with two attached hydrogens (primary N) is 1. The Morgan fingerprint density at radius 1 is 1.07 bits per heavy atom. The Hall–Kier alpha value is -3.20. The van der Waals surface area contributed by atoms with Crippen LogP contribution in [0.25, 0.3) is 11.0 Å². The van der Waals surface area contributed by atoms with Gasteiger partial charge >= 0.3 is 0 Å². The second-order valence-electron chi connectivity index (χ2n) is 6.66. The number of rotatable bonds is 3. The summed E-state index contributed by atoms with van der Waals surface area (Å²) in [5.74, 6) is -4.67. The van der Waals surface area contributed by atoms with Crippen molar-refractivity contribution in [2.24, 2.45) is 0 Å². The molecule has 150 valence electrons. The molecule has 29 heavy (non-hydrogen) atoms. The smallest absolute Gasteiger partial charge is 0.199 e. The maximum atomic E-state index is 14.2. The number of halogens is 3. The van der Waals surface area contributed by atoms with E-state index in [4.69, 9.17) is 10.5 Å². The average molecular weight is 402 g/mol. The van der Waals surface area contributed by atoms with E-state index in [1.807, 2.05) is 4.90 Å². The van der Waals surface area contributed by atoms with Crippen molar-refractivity contribution >= 4 is 28.3 Å². The molecule has 2 heterocycles. The molecule has 4 rings (SSSR count). The fourth-order valence-electron chi connectivity index (χ4n) is 3.24. The Bertz CT molecular complexity index is 1070.